The molecule has 4 rings (SSSR count). The molecule has 1 saturated carbocycles. The number of anilines is 1. The largest absolute Gasteiger partial charge is 0.493 e. The number of carbonyl (C=O) groups is 2. The van der Waals surface area contributed by atoms with Gasteiger partial charge in [0.05, 0.1) is 11.9 Å². The molecular weight excluding hydrogens is 534 g/mol. The molecule has 0 radical (unpaired) electrons. The molecule has 0 bridgehead atoms. The number of aliphatic hydroxyl groups is 1. The van der Waals surface area contributed by atoms with Crippen molar-refractivity contribution in [2.45, 2.75) is 43.6 Å². The quantitative estimate of drug-likeness (QED) is 0.314. The number of nitrogen functional groups attached to an aromatic ring is 1. The van der Waals surface area contributed by atoms with E-state index in [4.69, 9.17) is 5.73 Å². The van der Waals surface area contributed by atoms with Crippen LogP contribution in [0, 0.1) is 6.92 Å². The van der Waals surface area contributed by atoms with Crippen LogP contribution in [-0.4, -0.2) is 39.3 Å². The first-order valence-electron chi connectivity index (χ1n) is 11.3. The Morgan fingerprint density at radius 3 is 2.26 bits per heavy atom. The van der Waals surface area contributed by atoms with E-state index < -0.39 is 35.4 Å². The molecular formula is C25H20F6N4O4. The van der Waals surface area contributed by atoms with Gasteiger partial charge in [0.15, 0.2) is 0 Å². The molecule has 0 spiro atoms. The minimum atomic E-state index is -5.74. The van der Waals surface area contributed by atoms with Gasteiger partial charge in [0.25, 0.3) is 11.5 Å². The predicted molar refractivity (Wildman–Crippen MR) is 124 cm³/mol. The van der Waals surface area contributed by atoms with Gasteiger partial charge in [0.1, 0.15) is 11.5 Å². The highest BCUT2D eigenvalue weighted by Gasteiger charge is 2.61. The summed E-state index contributed by atoms with van der Waals surface area (Å²) in [5.74, 6) is -4.91. The monoisotopic (exact) mass is 554 g/mol. The van der Waals surface area contributed by atoms with E-state index in [0.29, 0.717) is 17.0 Å². The summed E-state index contributed by atoms with van der Waals surface area (Å²) in [5, 5.41) is 10.5. The lowest BCUT2D eigenvalue weighted by Crippen LogP contribution is -2.55. The van der Waals surface area contributed by atoms with Crippen LogP contribution >= 0.6 is 0 Å². The van der Waals surface area contributed by atoms with Crippen LogP contribution in [0.25, 0.3) is 22.5 Å². The average Bonchev–Trinajstić information content (AvgIpc) is 3.72. The Kier molecular flexibility index (Phi) is 7.02. The number of alkyl halides is 6. The molecule has 0 saturated heterocycles. The summed E-state index contributed by atoms with van der Waals surface area (Å²) in [7, 11) is 0. The maximum Gasteiger partial charge on any atom is 0.493 e. The number of amides is 1. The highest BCUT2D eigenvalue weighted by Crippen LogP contribution is 2.42. The van der Waals surface area contributed by atoms with Crippen molar-refractivity contribution >= 4 is 17.7 Å². The SMILES string of the molecule is Cc1ccc(C(O)(C(=O)NOC(=O)C(F)(F)F)C(F)(F)F)cc1-c1cnc(N)c(-c2ccc(C3CC3)cc2)n1. The van der Waals surface area contributed by atoms with Crippen molar-refractivity contribution in [1.82, 2.24) is 15.4 Å². The van der Waals surface area contributed by atoms with Crippen molar-refractivity contribution in [2.24, 2.45) is 0 Å². The van der Waals surface area contributed by atoms with Crippen LogP contribution in [0.2, 0.25) is 0 Å². The lowest BCUT2D eigenvalue weighted by molar-refractivity contribution is -0.262. The Bertz CT molecular complexity index is 1420. The normalized spacial score (nSPS) is 15.4. The number of aromatic nitrogens is 2. The molecule has 1 aliphatic carbocycles. The molecule has 1 atom stereocenters. The van der Waals surface area contributed by atoms with E-state index in [0.717, 1.165) is 42.1 Å². The number of nitrogens with zero attached hydrogens (tertiary/aromatic N) is 2. The number of halogens is 6. The number of rotatable bonds is 5. The molecule has 1 amide bonds. The van der Waals surface area contributed by atoms with Gasteiger partial charge in [-0.05, 0) is 42.9 Å². The van der Waals surface area contributed by atoms with E-state index in [2.05, 4.69) is 14.8 Å². The maximum absolute atomic E-state index is 13.9. The zero-order chi connectivity index (χ0) is 28.8. The summed E-state index contributed by atoms with van der Waals surface area (Å²) in [5.41, 5.74) is 3.66. The lowest BCUT2D eigenvalue weighted by atomic mass is 9.89. The first-order chi connectivity index (χ1) is 18.1. The van der Waals surface area contributed by atoms with Crippen molar-refractivity contribution in [3.05, 3.63) is 65.4 Å². The van der Waals surface area contributed by atoms with Gasteiger partial charge < -0.3 is 15.7 Å². The van der Waals surface area contributed by atoms with Crippen LogP contribution in [0.15, 0.2) is 48.7 Å². The topological polar surface area (TPSA) is 127 Å². The van der Waals surface area contributed by atoms with Gasteiger partial charge in [-0.25, -0.2) is 14.8 Å². The highest BCUT2D eigenvalue weighted by atomic mass is 19.4. The molecule has 206 valence electrons. The van der Waals surface area contributed by atoms with Crippen LogP contribution in [0.3, 0.4) is 0 Å². The smallest absolute Gasteiger partial charge is 0.382 e. The molecule has 0 aliphatic heterocycles. The maximum atomic E-state index is 13.9. The van der Waals surface area contributed by atoms with Crippen LogP contribution in [0.4, 0.5) is 32.2 Å². The summed E-state index contributed by atoms with van der Waals surface area (Å²) in [4.78, 5) is 35.0. The minimum absolute atomic E-state index is 0.0126. The molecule has 4 N–H and O–H groups in total. The third-order valence-electron chi connectivity index (χ3n) is 6.17. The first kappa shape index (κ1) is 27.8. The van der Waals surface area contributed by atoms with E-state index in [1.807, 2.05) is 12.1 Å². The van der Waals surface area contributed by atoms with Gasteiger partial charge in [-0.3, -0.25) is 4.79 Å². The second-order valence-corrected chi connectivity index (χ2v) is 8.94. The number of nitrogens with one attached hydrogen (secondary N) is 1. The fourth-order valence-corrected chi connectivity index (χ4v) is 3.84. The Morgan fingerprint density at radius 1 is 1.05 bits per heavy atom. The molecule has 1 fully saturated rings. The van der Waals surface area contributed by atoms with Gasteiger partial charge in [-0.1, -0.05) is 36.4 Å². The molecule has 1 aliphatic rings. The van der Waals surface area contributed by atoms with Crippen molar-refractivity contribution in [2.75, 3.05) is 5.73 Å². The Labute approximate surface area is 216 Å². The third-order valence-corrected chi connectivity index (χ3v) is 6.17. The van der Waals surface area contributed by atoms with Crippen LogP contribution in [0.1, 0.15) is 35.4 Å². The number of hydrogen-bond acceptors (Lipinski definition) is 7. The minimum Gasteiger partial charge on any atom is -0.382 e. The summed E-state index contributed by atoms with van der Waals surface area (Å²) < 4.78 is 78.9. The highest BCUT2D eigenvalue weighted by molar-refractivity contribution is 5.88. The summed E-state index contributed by atoms with van der Waals surface area (Å²) in [6, 6.07) is 10.1. The lowest BCUT2D eigenvalue weighted by Gasteiger charge is -2.29. The number of benzene rings is 2. The molecule has 1 unspecified atom stereocenters. The number of aryl methyl sites for hydroxylation is 1. The second-order valence-electron chi connectivity index (χ2n) is 8.94. The van der Waals surface area contributed by atoms with E-state index in [9.17, 15) is 41.0 Å². The van der Waals surface area contributed by atoms with Crippen LogP contribution in [-0.2, 0) is 20.0 Å². The first-order valence-corrected chi connectivity index (χ1v) is 11.3. The molecule has 14 heteroatoms. The van der Waals surface area contributed by atoms with Gasteiger partial charge in [0.2, 0.25) is 0 Å². The predicted octanol–water partition coefficient (Wildman–Crippen LogP) is 4.47. The standard InChI is InChI=1S/C25H20F6N4O4/c1-12-2-9-16(23(38,25(29,30)31)21(36)35-39-22(37)24(26,27)28)10-17(12)18-11-33-20(32)19(34-18)15-7-5-14(6-8-15)13-3-4-13/h2,5-11,13,38H,3-4H2,1H3,(H2,32,33)(H,35,36). The molecule has 1 heterocycles. The molecule has 2 aromatic carbocycles. The molecule has 39 heavy (non-hydrogen) atoms. The number of hydrogen-bond donors (Lipinski definition) is 3. The Morgan fingerprint density at radius 2 is 1.69 bits per heavy atom. The third kappa shape index (κ3) is 5.50. The van der Waals surface area contributed by atoms with E-state index >= 15 is 0 Å². The van der Waals surface area contributed by atoms with E-state index in [-0.39, 0.29) is 22.8 Å². The van der Waals surface area contributed by atoms with Crippen molar-refractivity contribution in [3.8, 4) is 22.5 Å². The zero-order valence-corrected chi connectivity index (χ0v) is 20.0. The van der Waals surface area contributed by atoms with Gasteiger partial charge in [-0.2, -0.15) is 31.8 Å². The van der Waals surface area contributed by atoms with Crippen molar-refractivity contribution < 1.29 is 45.9 Å². The number of carbonyl (C=O) groups excluding carboxylic acids is 2. The molecule has 8 nitrogen and oxygen atoms in total. The van der Waals surface area contributed by atoms with Gasteiger partial charge >= 0.3 is 18.3 Å². The summed E-state index contributed by atoms with van der Waals surface area (Å²) >= 11 is 0. The van der Waals surface area contributed by atoms with Crippen LogP contribution in [0.5, 0.6) is 0 Å². The zero-order valence-electron chi connectivity index (χ0n) is 20.0. The fourth-order valence-electron chi connectivity index (χ4n) is 3.84. The van der Waals surface area contributed by atoms with Gasteiger partial charge in [-0.15, -0.1) is 0 Å². The number of nitrogens with two attached hydrogens (primary N) is 1. The average molecular weight is 554 g/mol. The van der Waals surface area contributed by atoms with Crippen molar-refractivity contribution in [1.29, 1.82) is 0 Å². The van der Waals surface area contributed by atoms with Crippen LogP contribution < -0.4 is 11.2 Å². The number of hydroxylamine groups is 1. The Balaban J connectivity index is 1.72. The molecule has 3 aromatic rings. The van der Waals surface area contributed by atoms with Gasteiger partial charge in [0, 0.05) is 16.7 Å². The second kappa shape index (κ2) is 9.84. The van der Waals surface area contributed by atoms with E-state index in [1.54, 1.807) is 12.1 Å². The summed E-state index contributed by atoms with van der Waals surface area (Å²) in [6.45, 7) is 1.51. The molecule has 1 aromatic heterocycles. The Hall–Kier alpha value is -4.20. The summed E-state index contributed by atoms with van der Waals surface area (Å²) in [6.07, 6.45) is -7.97. The van der Waals surface area contributed by atoms with E-state index in [1.165, 1.54) is 13.1 Å². The fraction of sp³-hybridized carbons (Fsp3) is 0.280. The van der Waals surface area contributed by atoms with Crippen molar-refractivity contribution in [3.63, 3.8) is 0 Å².